The second-order valence-corrected chi connectivity index (χ2v) is 6.91. The van der Waals surface area contributed by atoms with Crippen LogP contribution < -0.4 is 15.4 Å². The molecule has 2 N–H and O–H groups in total. The number of hydrogen-bond acceptors (Lipinski definition) is 3. The van der Waals surface area contributed by atoms with Crippen LogP contribution in [0.25, 0.3) is 0 Å². The number of rotatable bonds is 6. The third-order valence-electron chi connectivity index (χ3n) is 4.81. The van der Waals surface area contributed by atoms with E-state index < -0.39 is 0 Å². The van der Waals surface area contributed by atoms with Crippen molar-refractivity contribution >= 4 is 29.9 Å². The molecule has 2 heterocycles. The van der Waals surface area contributed by atoms with Gasteiger partial charge in [-0.3, -0.25) is 4.99 Å². The van der Waals surface area contributed by atoms with Crippen molar-refractivity contribution in [3.05, 3.63) is 83.9 Å². The average molecular weight is 503 g/mol. The third-order valence-corrected chi connectivity index (χ3v) is 4.81. The Morgan fingerprint density at radius 2 is 2.03 bits per heavy atom. The van der Waals surface area contributed by atoms with Crippen molar-refractivity contribution in [2.24, 2.45) is 4.99 Å². The fourth-order valence-electron chi connectivity index (χ4n) is 3.41. The summed E-state index contributed by atoms with van der Waals surface area (Å²) in [5.74, 6) is 1.77. The van der Waals surface area contributed by atoms with Crippen molar-refractivity contribution in [2.45, 2.75) is 25.6 Å². The van der Waals surface area contributed by atoms with Crippen molar-refractivity contribution < 1.29 is 4.74 Å². The quantitative estimate of drug-likeness (QED) is 0.308. The maximum Gasteiger partial charge on any atom is 0.191 e. The number of guanidine groups is 1. The smallest absolute Gasteiger partial charge is 0.191 e. The number of nitrogens with zero attached hydrogens (tertiary/aromatic N) is 3. The van der Waals surface area contributed by atoms with E-state index in [0.717, 1.165) is 31.2 Å². The van der Waals surface area contributed by atoms with Crippen LogP contribution in [0, 0.1) is 0 Å². The Balaban J connectivity index is 0.00000240. The zero-order valence-corrected chi connectivity index (χ0v) is 18.7. The number of aliphatic imine (C=N–C) groups is 1. The molecule has 1 aliphatic rings. The van der Waals surface area contributed by atoms with Gasteiger partial charge in [0.2, 0.25) is 0 Å². The van der Waals surface area contributed by atoms with Gasteiger partial charge in [-0.2, -0.15) is 0 Å². The zero-order valence-electron chi connectivity index (χ0n) is 16.4. The number of ether oxygens (including phenoxy) is 1. The largest absolute Gasteiger partial charge is 0.488 e. The van der Waals surface area contributed by atoms with Crippen LogP contribution >= 0.6 is 24.0 Å². The lowest BCUT2D eigenvalue weighted by Gasteiger charge is -2.16. The molecule has 6 nitrogen and oxygen atoms in total. The molecule has 4 rings (SSSR count). The third kappa shape index (κ3) is 5.72. The number of aromatic nitrogens is 2. The van der Waals surface area contributed by atoms with Crippen LogP contribution in [0.3, 0.4) is 0 Å². The summed E-state index contributed by atoms with van der Waals surface area (Å²) in [6.45, 7) is 2.25. The summed E-state index contributed by atoms with van der Waals surface area (Å²) in [5.41, 5.74) is 3.73. The first-order valence-corrected chi connectivity index (χ1v) is 9.53. The van der Waals surface area contributed by atoms with Gasteiger partial charge in [0, 0.05) is 39.0 Å². The van der Waals surface area contributed by atoms with E-state index in [1.165, 1.54) is 16.7 Å². The van der Waals surface area contributed by atoms with Gasteiger partial charge in [-0.15, -0.1) is 24.0 Å². The number of imidazole rings is 1. The molecule has 1 unspecified atom stereocenters. The molecule has 0 fully saturated rings. The van der Waals surface area contributed by atoms with Gasteiger partial charge in [0.05, 0.1) is 12.9 Å². The van der Waals surface area contributed by atoms with Crippen molar-refractivity contribution in [1.29, 1.82) is 0 Å². The van der Waals surface area contributed by atoms with Crippen LogP contribution in [0.4, 0.5) is 0 Å². The summed E-state index contributed by atoms with van der Waals surface area (Å²) in [5, 5.41) is 6.75. The van der Waals surface area contributed by atoms with Crippen molar-refractivity contribution in [3.63, 3.8) is 0 Å². The van der Waals surface area contributed by atoms with Crippen molar-refractivity contribution in [1.82, 2.24) is 20.2 Å². The molecule has 0 spiro atoms. The lowest BCUT2D eigenvalue weighted by atomic mass is 10.1. The highest BCUT2D eigenvalue weighted by Crippen LogP contribution is 2.27. The number of fused-ring (bicyclic) bond motifs is 1. The molecule has 0 radical (unpaired) electrons. The second-order valence-electron chi connectivity index (χ2n) is 6.91. The zero-order chi connectivity index (χ0) is 19.2. The first kappa shape index (κ1) is 21.2. The molecule has 152 valence electrons. The molecule has 1 atom stereocenters. The van der Waals surface area contributed by atoms with E-state index in [-0.39, 0.29) is 30.1 Å². The van der Waals surface area contributed by atoms with Gasteiger partial charge in [0.25, 0.3) is 0 Å². The van der Waals surface area contributed by atoms with Crippen LogP contribution in [0.5, 0.6) is 5.75 Å². The Kier molecular flexibility index (Phi) is 7.51. The predicted octanol–water partition coefficient (Wildman–Crippen LogP) is 3.22. The van der Waals surface area contributed by atoms with Gasteiger partial charge >= 0.3 is 0 Å². The van der Waals surface area contributed by atoms with E-state index in [1.807, 2.05) is 24.7 Å². The molecule has 0 aliphatic carbocycles. The average Bonchev–Trinajstić information content (AvgIpc) is 3.37. The molecule has 0 saturated carbocycles. The fourth-order valence-corrected chi connectivity index (χ4v) is 3.41. The molecule has 29 heavy (non-hydrogen) atoms. The summed E-state index contributed by atoms with van der Waals surface area (Å²) in [4.78, 5) is 8.42. The molecule has 0 bridgehead atoms. The number of nitrogens with one attached hydrogen (secondary N) is 2. The molecule has 3 aromatic rings. The van der Waals surface area contributed by atoms with Crippen LogP contribution in [0.15, 0.2) is 72.2 Å². The minimum atomic E-state index is 0. The Morgan fingerprint density at radius 3 is 2.83 bits per heavy atom. The summed E-state index contributed by atoms with van der Waals surface area (Å²) >= 11 is 0. The maximum absolute atomic E-state index is 5.98. The van der Waals surface area contributed by atoms with Crippen molar-refractivity contribution in [2.75, 3.05) is 13.6 Å². The second kappa shape index (κ2) is 10.3. The van der Waals surface area contributed by atoms with Gasteiger partial charge in [0.1, 0.15) is 11.9 Å². The summed E-state index contributed by atoms with van der Waals surface area (Å²) in [7, 11) is 1.79. The molecule has 0 amide bonds. The predicted molar refractivity (Wildman–Crippen MR) is 126 cm³/mol. The van der Waals surface area contributed by atoms with E-state index in [1.54, 1.807) is 13.2 Å². The Labute approximate surface area is 188 Å². The van der Waals surface area contributed by atoms with Gasteiger partial charge in [-0.25, -0.2) is 4.98 Å². The van der Waals surface area contributed by atoms with E-state index in [4.69, 9.17) is 4.74 Å². The Hall–Kier alpha value is -2.55. The molecule has 7 heteroatoms. The molecular formula is C22H26IN5O. The number of benzene rings is 2. The first-order valence-electron chi connectivity index (χ1n) is 9.53. The number of halogens is 1. The maximum atomic E-state index is 5.98. The summed E-state index contributed by atoms with van der Waals surface area (Å²) < 4.78 is 8.04. The highest BCUT2D eigenvalue weighted by atomic mass is 127. The topological polar surface area (TPSA) is 63.5 Å². The monoisotopic (exact) mass is 503 g/mol. The van der Waals surface area contributed by atoms with Crippen molar-refractivity contribution in [3.8, 4) is 5.75 Å². The Morgan fingerprint density at radius 1 is 1.17 bits per heavy atom. The fraction of sp³-hybridized carbons (Fsp3) is 0.273. The van der Waals surface area contributed by atoms with Gasteiger partial charge in [-0.05, 0) is 22.8 Å². The minimum absolute atomic E-state index is 0. The molecule has 1 aliphatic heterocycles. The lowest BCUT2D eigenvalue weighted by Crippen LogP contribution is -2.41. The highest BCUT2D eigenvalue weighted by molar-refractivity contribution is 14.0. The molecular weight excluding hydrogens is 477 g/mol. The molecule has 1 aromatic heterocycles. The number of para-hydroxylation sites is 1. The standard InChI is InChI=1S/C22H25N5O.HI/c1-23-22(26-14-20-12-19-7-2-3-8-21(19)28-20)25-13-17-5-4-6-18(11-17)15-27-10-9-24-16-27;/h2-11,16,20H,12-15H2,1H3,(H2,23,25,26);1H. The van der Waals surface area contributed by atoms with E-state index >= 15 is 0 Å². The lowest BCUT2D eigenvalue weighted by molar-refractivity contribution is 0.235. The van der Waals surface area contributed by atoms with E-state index in [0.29, 0.717) is 6.54 Å². The Bertz CT molecular complexity index is 917. The van der Waals surface area contributed by atoms with E-state index in [2.05, 4.69) is 61.6 Å². The number of hydrogen-bond donors (Lipinski definition) is 2. The van der Waals surface area contributed by atoms with Crippen LogP contribution in [0.2, 0.25) is 0 Å². The highest BCUT2D eigenvalue weighted by Gasteiger charge is 2.22. The van der Waals surface area contributed by atoms with Gasteiger partial charge < -0.3 is 19.9 Å². The molecule has 2 aromatic carbocycles. The van der Waals surface area contributed by atoms with Crippen LogP contribution in [-0.4, -0.2) is 35.2 Å². The van der Waals surface area contributed by atoms with Crippen LogP contribution in [0.1, 0.15) is 16.7 Å². The normalized spacial score (nSPS) is 15.2. The minimum Gasteiger partial charge on any atom is -0.488 e. The van der Waals surface area contributed by atoms with Crippen LogP contribution in [-0.2, 0) is 19.5 Å². The summed E-state index contributed by atoms with van der Waals surface area (Å²) in [6.07, 6.45) is 6.67. The molecule has 0 saturated heterocycles. The van der Waals surface area contributed by atoms with E-state index in [9.17, 15) is 0 Å². The SMILES string of the molecule is CN=C(NCc1cccc(Cn2ccnc2)c1)NCC1Cc2ccccc2O1.I. The summed E-state index contributed by atoms with van der Waals surface area (Å²) in [6, 6.07) is 16.8. The van der Waals surface area contributed by atoms with Gasteiger partial charge in [0.15, 0.2) is 5.96 Å². The van der Waals surface area contributed by atoms with Gasteiger partial charge in [-0.1, -0.05) is 42.5 Å². The first-order chi connectivity index (χ1) is 13.8.